The van der Waals surface area contributed by atoms with E-state index in [9.17, 15) is 28.8 Å². The molecule has 0 aromatic rings. The van der Waals surface area contributed by atoms with Crippen LogP contribution >= 0.6 is 0 Å². The molecule has 0 aliphatic heterocycles. The Morgan fingerprint density at radius 1 is 0.462 bits per heavy atom. The molecule has 0 aromatic heterocycles. The first kappa shape index (κ1) is 11.6. The maximum absolute atomic E-state index is 10.5. The van der Waals surface area contributed by atoms with E-state index in [1.807, 2.05) is 0 Å². The molecule has 0 heterocycles. The van der Waals surface area contributed by atoms with E-state index in [1.165, 1.54) is 0 Å². The van der Waals surface area contributed by atoms with Gasteiger partial charge in [0.15, 0.2) is 0 Å². The summed E-state index contributed by atoms with van der Waals surface area (Å²) in [6, 6.07) is 0. The average Bonchev–Trinajstić information content (AvgIpc) is 2.26. The molecule has 74 valence electrons. The van der Waals surface area contributed by atoms with Gasteiger partial charge in [-0.05, 0) is 0 Å². The van der Waals surface area contributed by atoms with Crippen LogP contribution in [0.25, 0.3) is 0 Å². The SMILES string of the molecule is O=[CH][Ru]([CH]=O)([CH]=O)([CH]=O)([CH]=O)[CH]=O. The van der Waals surface area contributed by atoms with Crippen LogP contribution in [-0.2, 0) is 41.2 Å². The van der Waals surface area contributed by atoms with Crippen molar-refractivity contribution in [1.29, 1.82) is 0 Å². The van der Waals surface area contributed by atoms with Crippen LogP contribution in [0.4, 0.5) is 0 Å². The predicted octanol–water partition coefficient (Wildman–Crippen LogP) is -1.65. The van der Waals surface area contributed by atoms with Gasteiger partial charge in [0.1, 0.15) is 0 Å². The van der Waals surface area contributed by atoms with Crippen molar-refractivity contribution >= 4 is 29.3 Å². The molecule has 13 heavy (non-hydrogen) atoms. The van der Waals surface area contributed by atoms with E-state index < -0.39 is 41.7 Å². The minimum atomic E-state index is -6.46. The molecule has 0 atom stereocenters. The maximum atomic E-state index is 10.5. The number of hydrogen-bond donors (Lipinski definition) is 0. The number of carbonyl (C=O) groups excluding carboxylic acids is 6. The molecule has 0 aromatic carbocycles. The van der Waals surface area contributed by atoms with E-state index >= 15 is 0 Å². The van der Waals surface area contributed by atoms with Gasteiger partial charge in [0.05, 0.1) is 0 Å². The van der Waals surface area contributed by atoms with E-state index in [-0.39, 0.29) is 0 Å². The Morgan fingerprint density at radius 2 is 0.615 bits per heavy atom. The topological polar surface area (TPSA) is 102 Å². The third-order valence-corrected chi connectivity index (χ3v) is 8.54. The van der Waals surface area contributed by atoms with Gasteiger partial charge in [0.25, 0.3) is 0 Å². The molecule has 0 saturated heterocycles. The molecule has 0 fully saturated rings. The van der Waals surface area contributed by atoms with Crippen molar-refractivity contribution in [2.45, 2.75) is 0 Å². The van der Waals surface area contributed by atoms with Crippen molar-refractivity contribution in [3.8, 4) is 0 Å². The molecule has 7 heteroatoms. The average molecular weight is 275 g/mol. The van der Waals surface area contributed by atoms with Gasteiger partial charge in [-0.1, -0.05) is 0 Å². The van der Waals surface area contributed by atoms with Gasteiger partial charge in [-0.3, -0.25) is 0 Å². The number of hydrogen-bond acceptors (Lipinski definition) is 6. The standard InChI is InChI=1S/6CHO.Ru/c6*1-2;/h6*1H;. The Morgan fingerprint density at radius 3 is 0.615 bits per heavy atom. The fraction of sp³-hybridized carbons (Fsp3) is 0. The monoisotopic (exact) mass is 276 g/mol. The van der Waals surface area contributed by atoms with Crippen molar-refractivity contribution < 1.29 is 41.2 Å². The number of carbonyl (C=O) groups is 6. The molecule has 6 nitrogen and oxygen atoms in total. The van der Waals surface area contributed by atoms with Gasteiger partial charge in [0.2, 0.25) is 0 Å². The third kappa shape index (κ3) is 0.969. The Bertz CT molecular complexity index is 233. The second-order valence-corrected chi connectivity index (χ2v) is 13.4. The van der Waals surface area contributed by atoms with E-state index in [4.69, 9.17) is 0 Å². The van der Waals surface area contributed by atoms with Crippen molar-refractivity contribution in [2.24, 2.45) is 0 Å². The molecule has 0 aliphatic rings. The van der Waals surface area contributed by atoms with Crippen LogP contribution in [-0.4, -0.2) is 29.3 Å². The van der Waals surface area contributed by atoms with Gasteiger partial charge >= 0.3 is 70.5 Å². The van der Waals surface area contributed by atoms with Gasteiger partial charge in [-0.25, -0.2) is 0 Å². The van der Waals surface area contributed by atoms with E-state index in [1.54, 1.807) is 0 Å². The quantitative estimate of drug-likeness (QED) is 0.425. The number of rotatable bonds is 6. The summed E-state index contributed by atoms with van der Waals surface area (Å²) in [7, 11) is 0. The van der Waals surface area contributed by atoms with Gasteiger partial charge in [0, 0.05) is 0 Å². The second-order valence-electron chi connectivity index (χ2n) is 2.27. The summed E-state index contributed by atoms with van der Waals surface area (Å²) >= 11 is -6.46. The third-order valence-electron chi connectivity index (χ3n) is 1.44. The summed E-state index contributed by atoms with van der Waals surface area (Å²) in [4.78, 5) is 60.8. The summed E-state index contributed by atoms with van der Waals surface area (Å²) in [5.74, 6) is 0. The summed E-state index contributed by atoms with van der Waals surface area (Å²) in [5.41, 5.74) is 0. The molecule has 0 rings (SSSR count). The van der Waals surface area contributed by atoms with Crippen LogP contribution in [0.3, 0.4) is 0 Å². The zero-order chi connectivity index (χ0) is 10.7. The normalized spacial score (nSPS) is 15.7. The van der Waals surface area contributed by atoms with Crippen molar-refractivity contribution in [3.63, 3.8) is 0 Å². The Labute approximate surface area is 70.9 Å². The first-order valence-corrected chi connectivity index (χ1v) is 8.66. The molecule has 0 N–H and O–H groups in total. The van der Waals surface area contributed by atoms with Crippen LogP contribution in [0.15, 0.2) is 0 Å². The summed E-state index contributed by atoms with van der Waals surface area (Å²) in [5, 5.41) is 0. The molecular formula is C6H6O6Ru. The molecule has 0 spiro atoms. The predicted molar refractivity (Wildman–Crippen MR) is 40.5 cm³/mol. The zero-order valence-electron chi connectivity index (χ0n) is 6.27. The Balaban J connectivity index is 6.50. The van der Waals surface area contributed by atoms with Crippen LogP contribution in [0.5, 0.6) is 0 Å². The summed E-state index contributed by atoms with van der Waals surface area (Å²) in [6.45, 7) is 0. The van der Waals surface area contributed by atoms with Crippen LogP contribution in [0.1, 0.15) is 0 Å². The van der Waals surface area contributed by atoms with Crippen LogP contribution < -0.4 is 0 Å². The first-order chi connectivity index (χ1) is 5.97. The fourth-order valence-electron chi connectivity index (χ4n) is 0.295. The fourth-order valence-corrected chi connectivity index (χ4v) is 1.74. The second kappa shape index (κ2) is 2.57. The Kier molecular flexibility index (Phi) is 2.30. The van der Waals surface area contributed by atoms with Crippen molar-refractivity contribution in [1.82, 2.24) is 0 Å². The van der Waals surface area contributed by atoms with Crippen LogP contribution in [0, 0.1) is 0 Å². The summed E-state index contributed by atoms with van der Waals surface area (Å²) < 4.78 is 0. The van der Waals surface area contributed by atoms with E-state index in [2.05, 4.69) is 0 Å². The van der Waals surface area contributed by atoms with Crippen molar-refractivity contribution in [2.75, 3.05) is 0 Å². The molecule has 0 amide bonds. The van der Waals surface area contributed by atoms with Gasteiger partial charge < -0.3 is 0 Å². The Hall–Kier alpha value is -1.36. The van der Waals surface area contributed by atoms with E-state index in [0.29, 0.717) is 0 Å². The zero-order valence-corrected chi connectivity index (χ0v) is 8.01. The van der Waals surface area contributed by atoms with Gasteiger partial charge in [-0.15, -0.1) is 0 Å². The molecule has 0 radical (unpaired) electrons. The van der Waals surface area contributed by atoms with Crippen molar-refractivity contribution in [3.05, 3.63) is 0 Å². The molecule has 0 aliphatic carbocycles. The molecule has 0 unspecified atom stereocenters. The molecule has 0 saturated carbocycles. The minimum absolute atomic E-state index is 0.407. The van der Waals surface area contributed by atoms with Crippen LogP contribution in [0.2, 0.25) is 0 Å². The first-order valence-electron chi connectivity index (χ1n) is 2.64. The summed E-state index contributed by atoms with van der Waals surface area (Å²) in [6.07, 6.45) is 0. The van der Waals surface area contributed by atoms with E-state index in [0.717, 1.165) is 0 Å². The van der Waals surface area contributed by atoms with Gasteiger partial charge in [-0.2, -0.15) is 0 Å². The molecule has 0 bridgehead atoms. The molecular weight excluding hydrogens is 269 g/mol.